The van der Waals surface area contributed by atoms with E-state index < -0.39 is 10.0 Å². The number of sulfonamides is 1. The van der Waals surface area contributed by atoms with Crippen LogP contribution in [0.25, 0.3) is 11.6 Å². The standard InChI is InChI=1S/C13H19N5O3S/c1-4-7-22(19,20)18-6-5-11-10(8-18)12(15-17(11)3)13-14-9(2)16-21-13/h4-8H2,1-3H3. The molecule has 0 aromatic carbocycles. The van der Waals surface area contributed by atoms with Crippen LogP contribution in [-0.2, 0) is 30.0 Å². The summed E-state index contributed by atoms with van der Waals surface area (Å²) in [5.41, 5.74) is 2.46. The van der Waals surface area contributed by atoms with Crippen molar-refractivity contribution in [2.24, 2.45) is 7.05 Å². The van der Waals surface area contributed by atoms with E-state index in [-0.39, 0.29) is 5.75 Å². The molecule has 8 nitrogen and oxygen atoms in total. The highest BCUT2D eigenvalue weighted by molar-refractivity contribution is 7.89. The molecular weight excluding hydrogens is 306 g/mol. The minimum Gasteiger partial charge on any atom is -0.332 e. The molecule has 0 N–H and O–H groups in total. The molecular formula is C13H19N5O3S. The molecule has 3 heterocycles. The molecule has 1 aliphatic rings. The SMILES string of the molecule is CCCS(=O)(=O)N1CCc2c(c(-c3nc(C)no3)nn2C)C1. The highest BCUT2D eigenvalue weighted by atomic mass is 32.2. The van der Waals surface area contributed by atoms with Gasteiger partial charge in [-0.25, -0.2) is 8.42 Å². The topological polar surface area (TPSA) is 94.1 Å². The van der Waals surface area contributed by atoms with Gasteiger partial charge in [-0.3, -0.25) is 4.68 Å². The zero-order chi connectivity index (χ0) is 15.9. The molecule has 3 rings (SSSR count). The molecule has 2 aromatic heterocycles. The molecule has 0 bridgehead atoms. The fourth-order valence-electron chi connectivity index (χ4n) is 2.76. The lowest BCUT2D eigenvalue weighted by molar-refractivity contribution is 0.384. The Morgan fingerprint density at radius 1 is 1.36 bits per heavy atom. The average Bonchev–Trinajstić information content (AvgIpc) is 3.03. The quantitative estimate of drug-likeness (QED) is 0.828. The molecule has 2 aromatic rings. The number of hydrogen-bond acceptors (Lipinski definition) is 6. The van der Waals surface area contributed by atoms with Crippen molar-refractivity contribution in [1.82, 2.24) is 24.2 Å². The van der Waals surface area contributed by atoms with Crippen molar-refractivity contribution in [1.29, 1.82) is 0 Å². The maximum Gasteiger partial charge on any atom is 0.278 e. The first-order valence-corrected chi connectivity index (χ1v) is 8.86. The van der Waals surface area contributed by atoms with Gasteiger partial charge < -0.3 is 4.52 Å². The van der Waals surface area contributed by atoms with Crippen molar-refractivity contribution in [2.45, 2.75) is 33.2 Å². The van der Waals surface area contributed by atoms with Crippen LogP contribution in [0.2, 0.25) is 0 Å². The molecule has 0 fully saturated rings. The molecule has 0 saturated heterocycles. The lowest BCUT2D eigenvalue weighted by Crippen LogP contribution is -2.37. The zero-order valence-corrected chi connectivity index (χ0v) is 13.7. The van der Waals surface area contributed by atoms with Gasteiger partial charge in [0, 0.05) is 37.8 Å². The summed E-state index contributed by atoms with van der Waals surface area (Å²) in [6.45, 7) is 4.39. The summed E-state index contributed by atoms with van der Waals surface area (Å²) in [5.74, 6) is 1.03. The maximum atomic E-state index is 12.3. The molecule has 0 spiro atoms. The van der Waals surface area contributed by atoms with E-state index in [9.17, 15) is 8.42 Å². The normalized spacial score (nSPS) is 16.0. The minimum absolute atomic E-state index is 0.164. The van der Waals surface area contributed by atoms with E-state index in [0.29, 0.717) is 43.3 Å². The predicted molar refractivity (Wildman–Crippen MR) is 79.4 cm³/mol. The van der Waals surface area contributed by atoms with Crippen molar-refractivity contribution in [3.05, 3.63) is 17.1 Å². The van der Waals surface area contributed by atoms with E-state index in [4.69, 9.17) is 4.52 Å². The first-order valence-electron chi connectivity index (χ1n) is 7.25. The van der Waals surface area contributed by atoms with Crippen molar-refractivity contribution < 1.29 is 12.9 Å². The summed E-state index contributed by atoms with van der Waals surface area (Å²) < 4.78 is 33.1. The Balaban J connectivity index is 1.99. The zero-order valence-electron chi connectivity index (χ0n) is 12.9. The van der Waals surface area contributed by atoms with E-state index in [2.05, 4.69) is 15.2 Å². The van der Waals surface area contributed by atoms with E-state index in [1.54, 1.807) is 11.6 Å². The molecule has 0 radical (unpaired) electrons. The lowest BCUT2D eigenvalue weighted by Gasteiger charge is -2.26. The van der Waals surface area contributed by atoms with Gasteiger partial charge in [-0.05, 0) is 13.3 Å². The van der Waals surface area contributed by atoms with Gasteiger partial charge in [0.15, 0.2) is 11.5 Å². The largest absolute Gasteiger partial charge is 0.332 e. The van der Waals surface area contributed by atoms with E-state index in [0.717, 1.165) is 11.3 Å². The van der Waals surface area contributed by atoms with Gasteiger partial charge in [0.2, 0.25) is 10.0 Å². The Morgan fingerprint density at radius 3 is 2.77 bits per heavy atom. The predicted octanol–water partition coefficient (Wildman–Crippen LogP) is 0.876. The second-order valence-corrected chi connectivity index (χ2v) is 7.53. The molecule has 9 heteroatoms. The summed E-state index contributed by atoms with van der Waals surface area (Å²) >= 11 is 0. The number of hydrogen-bond donors (Lipinski definition) is 0. The van der Waals surface area contributed by atoms with Crippen molar-refractivity contribution >= 4 is 10.0 Å². The summed E-state index contributed by atoms with van der Waals surface area (Å²) in [4.78, 5) is 4.20. The third-order valence-electron chi connectivity index (χ3n) is 3.79. The number of rotatable bonds is 4. The second kappa shape index (κ2) is 5.47. The maximum absolute atomic E-state index is 12.3. The van der Waals surface area contributed by atoms with Crippen molar-refractivity contribution in [3.8, 4) is 11.6 Å². The molecule has 120 valence electrons. The first kappa shape index (κ1) is 15.2. The number of nitrogens with zero attached hydrogens (tertiary/aromatic N) is 5. The summed E-state index contributed by atoms with van der Waals surface area (Å²) in [5, 5.41) is 8.22. The van der Waals surface area contributed by atoms with Crippen LogP contribution in [0, 0.1) is 6.92 Å². The van der Waals surface area contributed by atoms with E-state index in [1.807, 2.05) is 14.0 Å². The van der Waals surface area contributed by atoms with Gasteiger partial charge >= 0.3 is 0 Å². The fourth-order valence-corrected chi connectivity index (χ4v) is 4.23. The monoisotopic (exact) mass is 325 g/mol. The van der Waals surface area contributed by atoms with Crippen LogP contribution in [0.4, 0.5) is 0 Å². The molecule has 0 unspecified atom stereocenters. The molecule has 1 aliphatic heterocycles. The first-order chi connectivity index (χ1) is 10.4. The smallest absolute Gasteiger partial charge is 0.278 e. The number of fused-ring (bicyclic) bond motifs is 1. The van der Waals surface area contributed by atoms with Crippen LogP contribution >= 0.6 is 0 Å². The minimum atomic E-state index is -3.23. The summed E-state index contributed by atoms with van der Waals surface area (Å²) in [6.07, 6.45) is 1.24. The van der Waals surface area contributed by atoms with Gasteiger partial charge in [-0.15, -0.1) is 0 Å². The highest BCUT2D eigenvalue weighted by Crippen LogP contribution is 2.29. The Bertz CT molecular complexity index is 793. The van der Waals surface area contributed by atoms with Gasteiger partial charge in [-0.2, -0.15) is 14.4 Å². The fraction of sp³-hybridized carbons (Fsp3) is 0.615. The third kappa shape index (κ3) is 2.54. The van der Waals surface area contributed by atoms with Crippen LogP contribution in [0.5, 0.6) is 0 Å². The second-order valence-electron chi connectivity index (χ2n) is 5.44. The summed E-state index contributed by atoms with van der Waals surface area (Å²) in [6, 6.07) is 0. The van der Waals surface area contributed by atoms with Crippen LogP contribution in [0.3, 0.4) is 0 Å². The molecule has 0 amide bonds. The van der Waals surface area contributed by atoms with Crippen molar-refractivity contribution in [3.63, 3.8) is 0 Å². The molecule has 0 saturated carbocycles. The third-order valence-corrected chi connectivity index (χ3v) is 5.82. The van der Waals surface area contributed by atoms with Crippen molar-refractivity contribution in [2.75, 3.05) is 12.3 Å². The number of aryl methyl sites for hydroxylation is 2. The Labute approximate surface area is 129 Å². The molecule has 0 atom stereocenters. The average molecular weight is 325 g/mol. The summed E-state index contributed by atoms with van der Waals surface area (Å²) in [7, 11) is -1.38. The van der Waals surface area contributed by atoms with Crippen LogP contribution in [-0.4, -0.2) is 44.9 Å². The van der Waals surface area contributed by atoms with Gasteiger partial charge in [0.25, 0.3) is 5.89 Å². The van der Waals surface area contributed by atoms with Gasteiger partial charge in [0.1, 0.15) is 0 Å². The van der Waals surface area contributed by atoms with Crippen LogP contribution in [0.15, 0.2) is 4.52 Å². The molecule has 22 heavy (non-hydrogen) atoms. The Morgan fingerprint density at radius 2 is 2.14 bits per heavy atom. The van der Waals surface area contributed by atoms with Gasteiger partial charge in [-0.1, -0.05) is 12.1 Å². The van der Waals surface area contributed by atoms with Gasteiger partial charge in [0.05, 0.1) is 5.75 Å². The Kier molecular flexibility index (Phi) is 3.77. The highest BCUT2D eigenvalue weighted by Gasteiger charge is 2.32. The Hall–Kier alpha value is -1.74. The van der Waals surface area contributed by atoms with Crippen LogP contribution in [0.1, 0.15) is 30.4 Å². The number of aromatic nitrogens is 4. The van der Waals surface area contributed by atoms with Crippen LogP contribution < -0.4 is 0 Å². The van der Waals surface area contributed by atoms with E-state index in [1.165, 1.54) is 4.31 Å². The molecule has 0 aliphatic carbocycles. The lowest BCUT2D eigenvalue weighted by atomic mass is 10.1. The van der Waals surface area contributed by atoms with E-state index >= 15 is 0 Å².